The summed E-state index contributed by atoms with van der Waals surface area (Å²) in [6.45, 7) is 0. The van der Waals surface area contributed by atoms with Gasteiger partial charge in [0.2, 0.25) is 0 Å². The molecule has 0 fully saturated rings. The highest BCUT2D eigenvalue weighted by atomic mass is 35.5. The van der Waals surface area contributed by atoms with E-state index in [4.69, 9.17) is 0 Å². The van der Waals surface area contributed by atoms with E-state index in [1.165, 1.54) is 16.8 Å². The number of hydrogen-bond acceptors (Lipinski definition) is 2. The van der Waals surface area contributed by atoms with Gasteiger partial charge < -0.3 is 10.2 Å². The van der Waals surface area contributed by atoms with Crippen molar-refractivity contribution < 1.29 is 0 Å². The lowest BCUT2D eigenvalue weighted by Gasteiger charge is -2.19. The van der Waals surface area contributed by atoms with Crippen LogP contribution in [-0.4, -0.2) is 21.1 Å². The molecule has 0 aliphatic rings. The Morgan fingerprint density at radius 2 is 1.55 bits per heavy atom. The first kappa shape index (κ1) is 16.5. The van der Waals surface area contributed by atoms with Crippen LogP contribution < -0.4 is 10.2 Å². The SMILES string of the molecule is CNC(Cc1ccccc1)c1ccc(N(C)C)cc1.Cl. The van der Waals surface area contributed by atoms with Gasteiger partial charge >= 0.3 is 0 Å². The maximum Gasteiger partial charge on any atom is 0.0361 e. The van der Waals surface area contributed by atoms with Crippen molar-refractivity contribution in [2.24, 2.45) is 0 Å². The fraction of sp³-hybridized carbons (Fsp3) is 0.294. The number of nitrogens with one attached hydrogen (secondary N) is 1. The summed E-state index contributed by atoms with van der Waals surface area (Å²) in [5, 5.41) is 3.40. The van der Waals surface area contributed by atoms with Gasteiger partial charge in [-0.05, 0) is 36.7 Å². The minimum Gasteiger partial charge on any atom is -0.378 e. The lowest BCUT2D eigenvalue weighted by molar-refractivity contribution is 0.592. The van der Waals surface area contributed by atoms with Crippen LogP contribution in [0, 0.1) is 0 Å². The van der Waals surface area contributed by atoms with Crippen LogP contribution in [0.2, 0.25) is 0 Å². The average Bonchev–Trinajstić information content (AvgIpc) is 2.46. The van der Waals surface area contributed by atoms with Gasteiger partial charge in [0.1, 0.15) is 0 Å². The highest BCUT2D eigenvalue weighted by molar-refractivity contribution is 5.85. The van der Waals surface area contributed by atoms with Gasteiger partial charge in [-0.1, -0.05) is 42.5 Å². The van der Waals surface area contributed by atoms with Crippen molar-refractivity contribution in [1.82, 2.24) is 5.32 Å². The van der Waals surface area contributed by atoms with E-state index in [0.29, 0.717) is 6.04 Å². The van der Waals surface area contributed by atoms with Gasteiger partial charge in [-0.15, -0.1) is 12.4 Å². The van der Waals surface area contributed by atoms with Crippen LogP contribution >= 0.6 is 12.4 Å². The highest BCUT2D eigenvalue weighted by Gasteiger charge is 2.10. The summed E-state index contributed by atoms with van der Waals surface area (Å²) in [6.07, 6.45) is 1.01. The van der Waals surface area contributed by atoms with E-state index in [-0.39, 0.29) is 12.4 Å². The van der Waals surface area contributed by atoms with E-state index in [1.54, 1.807) is 0 Å². The topological polar surface area (TPSA) is 15.3 Å². The summed E-state index contributed by atoms with van der Waals surface area (Å²) in [5.41, 5.74) is 3.92. The Balaban J connectivity index is 0.00000200. The summed E-state index contributed by atoms with van der Waals surface area (Å²) in [4.78, 5) is 2.12. The molecule has 0 aromatic heterocycles. The van der Waals surface area contributed by atoms with Crippen molar-refractivity contribution >= 4 is 18.1 Å². The quantitative estimate of drug-likeness (QED) is 0.904. The van der Waals surface area contributed by atoms with Gasteiger partial charge in [-0.3, -0.25) is 0 Å². The Bertz CT molecular complexity index is 494. The Morgan fingerprint density at radius 3 is 2.05 bits per heavy atom. The normalized spacial score (nSPS) is 11.6. The molecule has 2 aromatic carbocycles. The predicted octanol–water partition coefficient (Wildman–Crippen LogP) is 3.68. The van der Waals surface area contributed by atoms with Crippen LogP contribution in [0.25, 0.3) is 0 Å². The second-order valence-corrected chi connectivity index (χ2v) is 5.02. The van der Waals surface area contributed by atoms with Gasteiger partial charge in [0.25, 0.3) is 0 Å². The minimum absolute atomic E-state index is 0. The molecule has 0 amide bonds. The molecule has 1 N–H and O–H groups in total. The molecule has 0 saturated carbocycles. The molecule has 20 heavy (non-hydrogen) atoms. The Labute approximate surface area is 128 Å². The van der Waals surface area contributed by atoms with Crippen molar-refractivity contribution in [3.8, 4) is 0 Å². The fourth-order valence-electron chi connectivity index (χ4n) is 2.24. The summed E-state index contributed by atoms with van der Waals surface area (Å²) >= 11 is 0. The molecule has 1 unspecified atom stereocenters. The largest absolute Gasteiger partial charge is 0.378 e. The Kier molecular flexibility index (Phi) is 6.56. The number of nitrogens with zero attached hydrogens (tertiary/aromatic N) is 1. The van der Waals surface area contributed by atoms with Gasteiger partial charge in [0.05, 0.1) is 0 Å². The molecular weight excluding hydrogens is 268 g/mol. The molecule has 2 nitrogen and oxygen atoms in total. The molecular formula is C17H23ClN2. The predicted molar refractivity (Wildman–Crippen MR) is 90.0 cm³/mol. The van der Waals surface area contributed by atoms with Crippen molar-refractivity contribution in [2.75, 3.05) is 26.0 Å². The Hall–Kier alpha value is -1.51. The molecule has 1 atom stereocenters. The first-order valence-corrected chi connectivity index (χ1v) is 6.69. The van der Waals surface area contributed by atoms with Gasteiger partial charge in [0.15, 0.2) is 0 Å². The summed E-state index contributed by atoms with van der Waals surface area (Å²) < 4.78 is 0. The van der Waals surface area contributed by atoms with Gasteiger partial charge in [-0.25, -0.2) is 0 Å². The first-order chi connectivity index (χ1) is 9.20. The molecule has 2 aromatic rings. The molecule has 0 radical (unpaired) electrons. The maximum atomic E-state index is 3.40. The fourth-order valence-corrected chi connectivity index (χ4v) is 2.24. The van der Waals surface area contributed by atoms with Crippen LogP contribution in [0.15, 0.2) is 54.6 Å². The second-order valence-electron chi connectivity index (χ2n) is 5.02. The molecule has 0 heterocycles. The number of rotatable bonds is 5. The van der Waals surface area contributed by atoms with Crippen molar-refractivity contribution in [3.05, 3.63) is 65.7 Å². The molecule has 2 rings (SSSR count). The number of hydrogen-bond donors (Lipinski definition) is 1. The van der Waals surface area contributed by atoms with E-state index in [2.05, 4.69) is 78.9 Å². The average molecular weight is 291 g/mol. The van der Waals surface area contributed by atoms with Crippen LogP contribution in [0.5, 0.6) is 0 Å². The number of halogens is 1. The molecule has 0 aliphatic heterocycles. The lowest BCUT2D eigenvalue weighted by Crippen LogP contribution is -2.19. The van der Waals surface area contributed by atoms with Crippen molar-refractivity contribution in [1.29, 1.82) is 0 Å². The zero-order valence-electron chi connectivity index (χ0n) is 12.3. The van der Waals surface area contributed by atoms with Crippen LogP contribution in [0.4, 0.5) is 5.69 Å². The number of anilines is 1. The highest BCUT2D eigenvalue weighted by Crippen LogP contribution is 2.21. The number of likely N-dealkylation sites (N-methyl/N-ethyl adjacent to an activating group) is 1. The van der Waals surface area contributed by atoms with Crippen LogP contribution in [0.3, 0.4) is 0 Å². The van der Waals surface area contributed by atoms with E-state index >= 15 is 0 Å². The first-order valence-electron chi connectivity index (χ1n) is 6.69. The second kappa shape index (κ2) is 7.93. The van der Waals surface area contributed by atoms with Gasteiger partial charge in [-0.2, -0.15) is 0 Å². The minimum atomic E-state index is 0. The summed E-state index contributed by atoms with van der Waals surface area (Å²) in [7, 11) is 6.15. The third-order valence-corrected chi connectivity index (χ3v) is 3.44. The molecule has 0 saturated heterocycles. The maximum absolute atomic E-state index is 3.40. The summed E-state index contributed by atoms with van der Waals surface area (Å²) in [5.74, 6) is 0. The van der Waals surface area contributed by atoms with E-state index in [0.717, 1.165) is 6.42 Å². The number of benzene rings is 2. The van der Waals surface area contributed by atoms with E-state index in [1.807, 2.05) is 7.05 Å². The third-order valence-electron chi connectivity index (χ3n) is 3.44. The van der Waals surface area contributed by atoms with E-state index < -0.39 is 0 Å². The molecule has 3 heteroatoms. The molecule has 0 spiro atoms. The standard InChI is InChI=1S/C17H22N2.ClH/c1-18-17(13-14-7-5-4-6-8-14)15-9-11-16(12-10-15)19(2)3;/h4-12,17-18H,13H2,1-3H3;1H. The van der Waals surface area contributed by atoms with E-state index in [9.17, 15) is 0 Å². The van der Waals surface area contributed by atoms with Crippen LogP contribution in [0.1, 0.15) is 17.2 Å². The zero-order chi connectivity index (χ0) is 13.7. The van der Waals surface area contributed by atoms with Crippen molar-refractivity contribution in [3.63, 3.8) is 0 Å². The zero-order valence-corrected chi connectivity index (χ0v) is 13.2. The lowest BCUT2D eigenvalue weighted by atomic mass is 9.99. The van der Waals surface area contributed by atoms with Gasteiger partial charge in [0, 0.05) is 25.8 Å². The smallest absolute Gasteiger partial charge is 0.0361 e. The third kappa shape index (κ3) is 4.26. The van der Waals surface area contributed by atoms with Crippen molar-refractivity contribution in [2.45, 2.75) is 12.5 Å². The molecule has 0 aliphatic carbocycles. The molecule has 108 valence electrons. The molecule has 0 bridgehead atoms. The Morgan fingerprint density at radius 1 is 0.950 bits per heavy atom. The summed E-state index contributed by atoms with van der Waals surface area (Å²) in [6, 6.07) is 19.7. The monoisotopic (exact) mass is 290 g/mol. The van der Waals surface area contributed by atoms with Crippen LogP contribution in [-0.2, 0) is 6.42 Å².